The van der Waals surface area contributed by atoms with E-state index < -0.39 is 0 Å². The van der Waals surface area contributed by atoms with Gasteiger partial charge in [0.1, 0.15) is 0 Å². The van der Waals surface area contributed by atoms with Crippen molar-refractivity contribution < 1.29 is 0 Å². The summed E-state index contributed by atoms with van der Waals surface area (Å²) in [4.78, 5) is 0. The van der Waals surface area contributed by atoms with Gasteiger partial charge in [-0.25, -0.2) is 0 Å². The highest BCUT2D eigenvalue weighted by Crippen LogP contribution is 2.19. The fourth-order valence-electron chi connectivity index (χ4n) is 1.29. The van der Waals surface area contributed by atoms with E-state index >= 15 is 0 Å². The minimum absolute atomic E-state index is 0.731. The van der Waals surface area contributed by atoms with Crippen molar-refractivity contribution >= 4 is 11.6 Å². The third-order valence-corrected chi connectivity index (χ3v) is 2.69. The smallest absolute Gasteiger partial charge is 0.0480 e. The number of benzene rings is 1. The van der Waals surface area contributed by atoms with Crippen LogP contribution in [0.1, 0.15) is 17.5 Å². The average molecular weight is 213 g/mol. The van der Waals surface area contributed by atoms with Crippen molar-refractivity contribution in [2.45, 2.75) is 19.9 Å². The van der Waals surface area contributed by atoms with Crippen molar-refractivity contribution in [2.75, 3.05) is 13.1 Å². The molecule has 78 valence electrons. The molecule has 0 fully saturated rings. The van der Waals surface area contributed by atoms with Crippen molar-refractivity contribution in [3.63, 3.8) is 0 Å². The summed E-state index contributed by atoms with van der Waals surface area (Å²) in [5.41, 5.74) is 7.68. The summed E-state index contributed by atoms with van der Waals surface area (Å²) in [6.45, 7) is 4.52. The zero-order valence-corrected chi connectivity index (χ0v) is 9.27. The van der Waals surface area contributed by atoms with E-state index in [4.69, 9.17) is 17.3 Å². The van der Waals surface area contributed by atoms with E-state index in [2.05, 4.69) is 5.32 Å². The van der Waals surface area contributed by atoms with Crippen LogP contribution in [0.4, 0.5) is 0 Å². The molecule has 1 aromatic carbocycles. The number of rotatable bonds is 5. The zero-order chi connectivity index (χ0) is 10.4. The molecule has 3 heteroatoms. The molecule has 0 aliphatic carbocycles. The third kappa shape index (κ3) is 3.29. The lowest BCUT2D eigenvalue weighted by atomic mass is 10.1. The molecule has 0 unspecified atom stereocenters. The summed E-state index contributed by atoms with van der Waals surface area (Å²) >= 11 is 6.14. The Labute approximate surface area is 90.4 Å². The minimum atomic E-state index is 0.731. The summed E-state index contributed by atoms with van der Waals surface area (Å²) in [5.74, 6) is 0. The minimum Gasteiger partial charge on any atom is -0.330 e. The second-order valence-electron chi connectivity index (χ2n) is 3.37. The van der Waals surface area contributed by atoms with Gasteiger partial charge in [-0.05, 0) is 37.6 Å². The Bertz CT molecular complexity index is 287. The molecule has 2 nitrogen and oxygen atoms in total. The number of nitrogens with one attached hydrogen (secondary N) is 1. The molecule has 0 heterocycles. The van der Waals surface area contributed by atoms with E-state index in [1.807, 2.05) is 25.1 Å². The van der Waals surface area contributed by atoms with Gasteiger partial charge in [0.25, 0.3) is 0 Å². The van der Waals surface area contributed by atoms with Crippen LogP contribution in [0.5, 0.6) is 0 Å². The molecule has 3 N–H and O–H groups in total. The van der Waals surface area contributed by atoms with Gasteiger partial charge in [-0.3, -0.25) is 0 Å². The Morgan fingerprint density at radius 2 is 2.21 bits per heavy atom. The lowest BCUT2D eigenvalue weighted by Gasteiger charge is -2.07. The number of nitrogens with two attached hydrogens (primary N) is 1. The van der Waals surface area contributed by atoms with Gasteiger partial charge in [0, 0.05) is 11.6 Å². The van der Waals surface area contributed by atoms with E-state index in [-0.39, 0.29) is 0 Å². The Morgan fingerprint density at radius 1 is 1.43 bits per heavy atom. The lowest BCUT2D eigenvalue weighted by Crippen LogP contribution is -2.17. The van der Waals surface area contributed by atoms with Gasteiger partial charge >= 0.3 is 0 Å². The topological polar surface area (TPSA) is 38.0 Å². The monoisotopic (exact) mass is 212 g/mol. The van der Waals surface area contributed by atoms with Crippen LogP contribution in [0, 0.1) is 6.92 Å². The number of hydrogen-bond acceptors (Lipinski definition) is 2. The first-order chi connectivity index (χ1) is 6.75. The van der Waals surface area contributed by atoms with Gasteiger partial charge in [-0.1, -0.05) is 29.8 Å². The summed E-state index contributed by atoms with van der Waals surface area (Å²) in [7, 11) is 0. The van der Waals surface area contributed by atoms with Crippen LogP contribution in [0.25, 0.3) is 0 Å². The van der Waals surface area contributed by atoms with Crippen LogP contribution in [0.3, 0.4) is 0 Å². The molecule has 0 saturated heterocycles. The van der Waals surface area contributed by atoms with E-state index in [0.29, 0.717) is 0 Å². The largest absolute Gasteiger partial charge is 0.330 e. The van der Waals surface area contributed by atoms with Crippen LogP contribution >= 0.6 is 11.6 Å². The molecule has 0 saturated carbocycles. The second kappa shape index (κ2) is 6.02. The fraction of sp³-hybridized carbons (Fsp3) is 0.455. The Balaban J connectivity index is 2.46. The van der Waals surface area contributed by atoms with Gasteiger partial charge in [-0.2, -0.15) is 0 Å². The summed E-state index contributed by atoms with van der Waals surface area (Å²) in [6.07, 6.45) is 1.00. The number of hydrogen-bond donors (Lipinski definition) is 2. The first-order valence-corrected chi connectivity index (χ1v) is 5.28. The van der Waals surface area contributed by atoms with E-state index in [9.17, 15) is 0 Å². The van der Waals surface area contributed by atoms with Crippen LogP contribution < -0.4 is 11.1 Å². The molecule has 0 aromatic heterocycles. The van der Waals surface area contributed by atoms with Crippen molar-refractivity contribution in [1.82, 2.24) is 5.32 Å². The Morgan fingerprint density at radius 3 is 2.93 bits per heavy atom. The zero-order valence-electron chi connectivity index (χ0n) is 8.52. The molecular weight excluding hydrogens is 196 g/mol. The molecule has 0 aliphatic heterocycles. The second-order valence-corrected chi connectivity index (χ2v) is 3.74. The SMILES string of the molecule is Cc1cccc(CNCCCN)c1Cl. The molecule has 0 bridgehead atoms. The van der Waals surface area contributed by atoms with Gasteiger partial charge in [0.2, 0.25) is 0 Å². The molecule has 1 aromatic rings. The van der Waals surface area contributed by atoms with Crippen molar-refractivity contribution in [3.05, 3.63) is 34.3 Å². The summed E-state index contributed by atoms with van der Waals surface area (Å²) in [6, 6.07) is 6.09. The molecule has 0 atom stereocenters. The maximum absolute atomic E-state index is 6.14. The standard InChI is InChI=1S/C11H17ClN2/c1-9-4-2-5-10(11(9)12)8-14-7-3-6-13/h2,4-5,14H,3,6-8,13H2,1H3. The fourth-order valence-corrected chi connectivity index (χ4v) is 1.49. The maximum Gasteiger partial charge on any atom is 0.0480 e. The molecular formula is C11H17ClN2. The highest BCUT2D eigenvalue weighted by Gasteiger charge is 2.01. The predicted octanol–water partition coefficient (Wildman–Crippen LogP) is 2.09. The molecule has 0 radical (unpaired) electrons. The molecule has 1 rings (SSSR count). The van der Waals surface area contributed by atoms with E-state index in [1.165, 1.54) is 0 Å². The summed E-state index contributed by atoms with van der Waals surface area (Å²) < 4.78 is 0. The van der Waals surface area contributed by atoms with Gasteiger partial charge < -0.3 is 11.1 Å². The highest BCUT2D eigenvalue weighted by atomic mass is 35.5. The van der Waals surface area contributed by atoms with E-state index in [1.54, 1.807) is 0 Å². The highest BCUT2D eigenvalue weighted by molar-refractivity contribution is 6.32. The Kier molecular flexibility index (Phi) is 4.94. The quantitative estimate of drug-likeness (QED) is 0.734. The Hall–Kier alpha value is -0.570. The van der Waals surface area contributed by atoms with Gasteiger partial charge in [0.05, 0.1) is 0 Å². The van der Waals surface area contributed by atoms with Crippen molar-refractivity contribution in [1.29, 1.82) is 0 Å². The van der Waals surface area contributed by atoms with E-state index in [0.717, 1.165) is 42.2 Å². The third-order valence-electron chi connectivity index (χ3n) is 2.14. The first-order valence-electron chi connectivity index (χ1n) is 4.90. The first kappa shape index (κ1) is 11.5. The van der Waals surface area contributed by atoms with Gasteiger partial charge in [-0.15, -0.1) is 0 Å². The predicted molar refractivity (Wildman–Crippen MR) is 61.6 cm³/mol. The van der Waals surface area contributed by atoms with Crippen LogP contribution in [-0.4, -0.2) is 13.1 Å². The summed E-state index contributed by atoms with van der Waals surface area (Å²) in [5, 5.41) is 4.17. The molecule has 14 heavy (non-hydrogen) atoms. The van der Waals surface area contributed by atoms with Crippen LogP contribution in [0.15, 0.2) is 18.2 Å². The van der Waals surface area contributed by atoms with Crippen molar-refractivity contribution in [2.24, 2.45) is 5.73 Å². The van der Waals surface area contributed by atoms with Gasteiger partial charge in [0.15, 0.2) is 0 Å². The number of aryl methyl sites for hydroxylation is 1. The average Bonchev–Trinajstić information content (AvgIpc) is 2.19. The molecule has 0 amide bonds. The molecule has 0 spiro atoms. The normalized spacial score (nSPS) is 10.5. The number of halogens is 1. The maximum atomic E-state index is 6.14. The lowest BCUT2D eigenvalue weighted by molar-refractivity contribution is 0.655. The molecule has 0 aliphatic rings. The van der Waals surface area contributed by atoms with Crippen LogP contribution in [-0.2, 0) is 6.54 Å². The van der Waals surface area contributed by atoms with Crippen molar-refractivity contribution in [3.8, 4) is 0 Å². The van der Waals surface area contributed by atoms with Crippen LogP contribution in [0.2, 0.25) is 5.02 Å².